The molecule has 1 aliphatic rings. The van der Waals surface area contributed by atoms with E-state index in [9.17, 15) is 0 Å². The summed E-state index contributed by atoms with van der Waals surface area (Å²) in [6, 6.07) is 0. The second-order valence-electron chi connectivity index (χ2n) is 3.13. The third kappa shape index (κ3) is 2.41. The molecule has 0 spiro atoms. The molecule has 4 atom stereocenters. The second kappa shape index (κ2) is 5.92. The van der Waals surface area contributed by atoms with Crippen LogP contribution in [0.1, 0.15) is 0 Å². The van der Waals surface area contributed by atoms with Crippen LogP contribution in [-0.2, 0) is 18.9 Å². The maximum Gasteiger partial charge on any atom is 0.132 e. The van der Waals surface area contributed by atoms with Gasteiger partial charge in [0.15, 0.2) is 0 Å². The minimum Gasteiger partial charge on any atom is -0.383 e. The van der Waals surface area contributed by atoms with Gasteiger partial charge in [0, 0.05) is 28.4 Å². The van der Waals surface area contributed by atoms with E-state index in [2.05, 4.69) is 0 Å². The fourth-order valence-corrected chi connectivity index (χ4v) is 3.22. The van der Waals surface area contributed by atoms with E-state index < -0.39 is 0 Å². The predicted molar refractivity (Wildman–Crippen MR) is 55.6 cm³/mol. The molecule has 84 valence electrons. The molecule has 0 aromatic carbocycles. The van der Waals surface area contributed by atoms with Crippen LogP contribution in [0.5, 0.6) is 0 Å². The lowest BCUT2D eigenvalue weighted by molar-refractivity contribution is -0.0717. The lowest BCUT2D eigenvalue weighted by atomic mass is 10.1. The first-order valence-electron chi connectivity index (χ1n) is 4.51. The summed E-state index contributed by atoms with van der Waals surface area (Å²) in [5, 5.41) is 0.278. The van der Waals surface area contributed by atoms with Crippen molar-refractivity contribution in [2.45, 2.75) is 22.9 Å². The normalized spacial score (nSPS) is 37.7. The smallest absolute Gasteiger partial charge is 0.132 e. The number of ether oxygens (including phenoxy) is 4. The topological polar surface area (TPSA) is 36.9 Å². The summed E-state index contributed by atoms with van der Waals surface area (Å²) in [5.74, 6) is 0. The zero-order chi connectivity index (χ0) is 10.6. The Hall–Kier alpha value is 0.190. The van der Waals surface area contributed by atoms with E-state index in [0.717, 1.165) is 0 Å². The van der Waals surface area contributed by atoms with Crippen molar-refractivity contribution in [1.29, 1.82) is 0 Å². The third-order valence-corrected chi connectivity index (χ3v) is 3.86. The number of hydrogen-bond acceptors (Lipinski definition) is 5. The average Bonchev–Trinajstić information content (AvgIpc) is 2.55. The van der Waals surface area contributed by atoms with Crippen molar-refractivity contribution in [3.63, 3.8) is 0 Å². The molecule has 0 bridgehead atoms. The zero-order valence-electron chi connectivity index (χ0n) is 9.06. The van der Waals surface area contributed by atoms with E-state index in [4.69, 9.17) is 18.9 Å². The van der Waals surface area contributed by atoms with E-state index >= 15 is 0 Å². The van der Waals surface area contributed by atoms with Gasteiger partial charge in [-0.2, -0.15) is 0 Å². The van der Waals surface area contributed by atoms with Gasteiger partial charge in [-0.25, -0.2) is 0 Å². The quantitative estimate of drug-likeness (QED) is 0.686. The Kier molecular flexibility index (Phi) is 5.19. The van der Waals surface area contributed by atoms with Crippen LogP contribution in [0.3, 0.4) is 0 Å². The molecule has 0 aromatic heterocycles. The Labute approximate surface area is 89.2 Å². The average molecular weight is 222 g/mol. The van der Waals surface area contributed by atoms with Crippen LogP contribution < -0.4 is 0 Å². The summed E-state index contributed by atoms with van der Waals surface area (Å²) in [6.45, 7) is 0.656. The number of rotatable bonds is 5. The molecule has 0 N–H and O–H groups in total. The molecule has 0 aliphatic carbocycles. The zero-order valence-corrected chi connectivity index (χ0v) is 9.87. The molecule has 0 aromatic rings. The lowest BCUT2D eigenvalue weighted by Crippen LogP contribution is -2.37. The molecule has 1 rings (SSSR count). The minimum atomic E-state index is -0.0184. The standard InChI is InChI=1S/C9H18O4S/c1-10-5-6-7(11-2)8(12-3)9(13-4)14-6/h6-9H,5H2,1-4H3/t6-,7-,8+,9?/m1/s1. The van der Waals surface area contributed by atoms with Gasteiger partial charge in [-0.1, -0.05) is 0 Å². The Morgan fingerprint density at radius 3 is 2.00 bits per heavy atom. The highest BCUT2D eigenvalue weighted by atomic mass is 32.2. The molecule has 0 radical (unpaired) electrons. The molecule has 1 aliphatic heterocycles. The Bertz CT molecular complexity index is 167. The Balaban J connectivity index is 2.62. The monoisotopic (exact) mass is 222 g/mol. The molecule has 1 fully saturated rings. The van der Waals surface area contributed by atoms with Gasteiger partial charge in [-0.3, -0.25) is 0 Å². The highest BCUT2D eigenvalue weighted by Crippen LogP contribution is 2.37. The summed E-state index contributed by atoms with van der Waals surface area (Å²) in [7, 11) is 6.75. The van der Waals surface area contributed by atoms with Gasteiger partial charge in [0.2, 0.25) is 0 Å². The Morgan fingerprint density at radius 2 is 1.57 bits per heavy atom. The van der Waals surface area contributed by atoms with Gasteiger partial charge in [0.25, 0.3) is 0 Å². The largest absolute Gasteiger partial charge is 0.383 e. The van der Waals surface area contributed by atoms with Crippen molar-refractivity contribution >= 4 is 11.8 Å². The molecule has 1 saturated heterocycles. The molecule has 0 amide bonds. The summed E-state index contributed by atoms with van der Waals surface area (Å²) in [5.41, 5.74) is 0.0325. The van der Waals surface area contributed by atoms with Crippen LogP contribution in [0.15, 0.2) is 0 Å². The molecular formula is C9H18O4S. The molecule has 1 unspecified atom stereocenters. The molecule has 0 saturated carbocycles. The highest BCUT2D eigenvalue weighted by molar-refractivity contribution is 8.00. The van der Waals surface area contributed by atoms with Crippen molar-refractivity contribution in [2.24, 2.45) is 0 Å². The molecule has 1 heterocycles. The number of hydrogen-bond donors (Lipinski definition) is 0. The van der Waals surface area contributed by atoms with E-state index in [1.807, 2.05) is 0 Å². The van der Waals surface area contributed by atoms with Crippen LogP contribution in [0, 0.1) is 0 Å². The van der Waals surface area contributed by atoms with Crippen molar-refractivity contribution < 1.29 is 18.9 Å². The van der Waals surface area contributed by atoms with Gasteiger partial charge in [0.05, 0.1) is 11.9 Å². The summed E-state index contributed by atoms with van der Waals surface area (Å²) in [4.78, 5) is 0. The lowest BCUT2D eigenvalue weighted by Gasteiger charge is -2.22. The molecule has 14 heavy (non-hydrogen) atoms. The SMILES string of the molecule is COC[C@H]1SC(OC)[C@@H](OC)[C@@H]1OC. The van der Waals surface area contributed by atoms with Crippen molar-refractivity contribution in [1.82, 2.24) is 0 Å². The third-order valence-electron chi connectivity index (χ3n) is 2.37. The summed E-state index contributed by atoms with van der Waals surface area (Å²) in [6.07, 6.45) is 0.0186. The van der Waals surface area contributed by atoms with Gasteiger partial charge in [-0.05, 0) is 0 Å². The fourth-order valence-electron chi connectivity index (χ4n) is 1.71. The van der Waals surface area contributed by atoms with Gasteiger partial charge in [-0.15, -0.1) is 11.8 Å². The molecule has 4 nitrogen and oxygen atoms in total. The van der Waals surface area contributed by atoms with Crippen LogP contribution in [-0.4, -0.2) is 57.9 Å². The summed E-state index contributed by atoms with van der Waals surface area (Å²) < 4.78 is 21.2. The van der Waals surface area contributed by atoms with Crippen LogP contribution in [0.2, 0.25) is 0 Å². The van der Waals surface area contributed by atoms with E-state index in [1.54, 1.807) is 40.2 Å². The fraction of sp³-hybridized carbons (Fsp3) is 1.00. The molecule has 5 heteroatoms. The maximum absolute atomic E-state index is 5.41. The maximum atomic E-state index is 5.41. The predicted octanol–water partition coefficient (Wildman–Crippen LogP) is 0.751. The second-order valence-corrected chi connectivity index (χ2v) is 4.48. The van der Waals surface area contributed by atoms with Crippen molar-refractivity contribution in [3.8, 4) is 0 Å². The Morgan fingerprint density at radius 1 is 0.929 bits per heavy atom. The first-order chi connectivity index (χ1) is 6.78. The minimum absolute atomic E-state index is 0.0184. The van der Waals surface area contributed by atoms with Gasteiger partial charge < -0.3 is 18.9 Å². The van der Waals surface area contributed by atoms with Crippen LogP contribution in [0.4, 0.5) is 0 Å². The van der Waals surface area contributed by atoms with Gasteiger partial charge in [0.1, 0.15) is 17.6 Å². The van der Waals surface area contributed by atoms with E-state index in [-0.39, 0.29) is 22.9 Å². The van der Waals surface area contributed by atoms with Crippen LogP contribution in [0.25, 0.3) is 0 Å². The summed E-state index contributed by atoms with van der Waals surface area (Å²) >= 11 is 1.70. The molecular weight excluding hydrogens is 204 g/mol. The van der Waals surface area contributed by atoms with E-state index in [0.29, 0.717) is 6.61 Å². The number of thioether (sulfide) groups is 1. The highest BCUT2D eigenvalue weighted by Gasteiger charge is 2.45. The van der Waals surface area contributed by atoms with Gasteiger partial charge >= 0.3 is 0 Å². The van der Waals surface area contributed by atoms with Crippen molar-refractivity contribution in [3.05, 3.63) is 0 Å². The van der Waals surface area contributed by atoms with Crippen molar-refractivity contribution in [2.75, 3.05) is 35.0 Å². The first kappa shape index (κ1) is 12.3. The van der Waals surface area contributed by atoms with Crippen LogP contribution >= 0.6 is 11.8 Å². The van der Waals surface area contributed by atoms with E-state index in [1.165, 1.54) is 0 Å². The number of methoxy groups -OCH3 is 4. The first-order valence-corrected chi connectivity index (χ1v) is 5.45.